The number of aryl methyl sites for hydroxylation is 1. The van der Waals surface area contributed by atoms with Crippen LogP contribution in [0, 0.1) is 12.8 Å². The van der Waals surface area contributed by atoms with Crippen molar-refractivity contribution in [3.63, 3.8) is 0 Å². The Morgan fingerprint density at radius 3 is 2.86 bits per heavy atom. The van der Waals surface area contributed by atoms with E-state index in [1.807, 2.05) is 16.7 Å². The molecule has 4 heterocycles. The van der Waals surface area contributed by atoms with Crippen LogP contribution in [0.4, 0.5) is 0 Å². The van der Waals surface area contributed by atoms with Gasteiger partial charge in [0.2, 0.25) is 17.7 Å². The first-order chi connectivity index (χ1) is 13.6. The van der Waals surface area contributed by atoms with Crippen LogP contribution in [-0.4, -0.2) is 76.6 Å². The maximum absolute atomic E-state index is 13.1. The van der Waals surface area contributed by atoms with Gasteiger partial charge >= 0.3 is 0 Å². The van der Waals surface area contributed by atoms with E-state index in [9.17, 15) is 9.59 Å². The molecule has 3 aliphatic heterocycles. The van der Waals surface area contributed by atoms with E-state index in [0.717, 1.165) is 32.2 Å². The fourth-order valence-corrected chi connectivity index (χ4v) is 4.41. The molecular formula is C20H28N4O4. The third-order valence-electron chi connectivity index (χ3n) is 5.87. The summed E-state index contributed by atoms with van der Waals surface area (Å²) in [5.74, 6) is 1.16. The highest BCUT2D eigenvalue weighted by molar-refractivity contribution is 5.89. The zero-order valence-electron chi connectivity index (χ0n) is 16.4. The standard InChI is InChI=1S/C20H28N4O4/c1-14-21-7-4-18(22-14)28-17-3-2-8-23(13-17)20(26)15-11-19(25)24(12-15)16-5-9-27-10-6-16/h4,7,15-17H,2-3,5-6,8-13H2,1H3. The first kappa shape index (κ1) is 19.1. The lowest BCUT2D eigenvalue weighted by Crippen LogP contribution is -2.47. The Balaban J connectivity index is 1.34. The largest absolute Gasteiger partial charge is 0.472 e. The van der Waals surface area contributed by atoms with Crippen molar-refractivity contribution in [2.75, 3.05) is 32.8 Å². The molecule has 152 valence electrons. The minimum Gasteiger partial charge on any atom is -0.472 e. The van der Waals surface area contributed by atoms with E-state index in [4.69, 9.17) is 9.47 Å². The molecule has 0 saturated carbocycles. The molecule has 2 atom stereocenters. The van der Waals surface area contributed by atoms with Gasteiger partial charge in [-0.1, -0.05) is 0 Å². The first-order valence-corrected chi connectivity index (χ1v) is 10.2. The summed E-state index contributed by atoms with van der Waals surface area (Å²) in [5, 5.41) is 0. The summed E-state index contributed by atoms with van der Waals surface area (Å²) in [6.07, 6.45) is 5.45. The molecule has 28 heavy (non-hydrogen) atoms. The molecular weight excluding hydrogens is 360 g/mol. The number of aromatic nitrogens is 2. The normalized spacial score (nSPS) is 26.5. The van der Waals surface area contributed by atoms with Crippen LogP contribution in [-0.2, 0) is 14.3 Å². The van der Waals surface area contributed by atoms with Gasteiger partial charge in [-0.15, -0.1) is 0 Å². The summed E-state index contributed by atoms with van der Waals surface area (Å²) in [7, 11) is 0. The second kappa shape index (κ2) is 8.43. The Bertz CT molecular complexity index is 722. The third kappa shape index (κ3) is 4.27. The summed E-state index contributed by atoms with van der Waals surface area (Å²) in [6, 6.07) is 1.97. The summed E-state index contributed by atoms with van der Waals surface area (Å²) in [6.45, 7) is 5.02. The molecule has 0 bridgehead atoms. The number of nitrogens with zero attached hydrogens (tertiary/aromatic N) is 4. The van der Waals surface area contributed by atoms with Gasteiger partial charge in [0.15, 0.2) is 0 Å². The molecule has 2 unspecified atom stereocenters. The van der Waals surface area contributed by atoms with Crippen LogP contribution in [0.15, 0.2) is 12.3 Å². The Morgan fingerprint density at radius 1 is 1.25 bits per heavy atom. The number of amides is 2. The second-order valence-electron chi connectivity index (χ2n) is 7.90. The summed E-state index contributed by atoms with van der Waals surface area (Å²) in [4.78, 5) is 37.7. The van der Waals surface area contributed by atoms with Gasteiger partial charge in [0.25, 0.3) is 0 Å². The van der Waals surface area contributed by atoms with Crippen molar-refractivity contribution in [3.8, 4) is 5.88 Å². The van der Waals surface area contributed by atoms with Crippen LogP contribution in [0.5, 0.6) is 5.88 Å². The minimum absolute atomic E-state index is 0.0734. The van der Waals surface area contributed by atoms with Crippen LogP contribution in [0.25, 0.3) is 0 Å². The van der Waals surface area contributed by atoms with Gasteiger partial charge in [0.1, 0.15) is 11.9 Å². The summed E-state index contributed by atoms with van der Waals surface area (Å²) >= 11 is 0. The molecule has 4 rings (SSSR count). The molecule has 1 aromatic rings. The predicted molar refractivity (Wildman–Crippen MR) is 101 cm³/mol. The fourth-order valence-electron chi connectivity index (χ4n) is 4.41. The van der Waals surface area contributed by atoms with Crippen molar-refractivity contribution in [2.24, 2.45) is 5.92 Å². The Morgan fingerprint density at radius 2 is 2.07 bits per heavy atom. The molecule has 1 aromatic heterocycles. The van der Waals surface area contributed by atoms with Crippen molar-refractivity contribution in [1.29, 1.82) is 0 Å². The van der Waals surface area contributed by atoms with Gasteiger partial charge in [0.05, 0.1) is 12.5 Å². The van der Waals surface area contributed by atoms with E-state index < -0.39 is 0 Å². The summed E-state index contributed by atoms with van der Waals surface area (Å²) in [5.41, 5.74) is 0. The average Bonchev–Trinajstić information content (AvgIpc) is 3.10. The molecule has 0 N–H and O–H groups in total. The lowest BCUT2D eigenvalue weighted by Gasteiger charge is -2.34. The smallest absolute Gasteiger partial charge is 0.228 e. The SMILES string of the molecule is Cc1nccc(OC2CCCN(C(=O)C3CC(=O)N(C4CCOCC4)C3)C2)n1. The van der Waals surface area contributed by atoms with Crippen molar-refractivity contribution < 1.29 is 19.1 Å². The third-order valence-corrected chi connectivity index (χ3v) is 5.87. The predicted octanol–water partition coefficient (Wildman–Crippen LogP) is 1.18. The van der Waals surface area contributed by atoms with Crippen molar-refractivity contribution >= 4 is 11.8 Å². The molecule has 3 fully saturated rings. The number of hydrogen-bond donors (Lipinski definition) is 0. The van der Waals surface area contributed by atoms with Crippen molar-refractivity contribution in [1.82, 2.24) is 19.8 Å². The van der Waals surface area contributed by atoms with E-state index in [2.05, 4.69) is 9.97 Å². The first-order valence-electron chi connectivity index (χ1n) is 10.2. The van der Waals surface area contributed by atoms with Crippen LogP contribution in [0.2, 0.25) is 0 Å². The number of rotatable bonds is 4. The zero-order valence-corrected chi connectivity index (χ0v) is 16.4. The highest BCUT2D eigenvalue weighted by atomic mass is 16.5. The lowest BCUT2D eigenvalue weighted by atomic mass is 10.0. The zero-order chi connectivity index (χ0) is 19.5. The van der Waals surface area contributed by atoms with Crippen molar-refractivity contribution in [2.45, 2.75) is 51.2 Å². The summed E-state index contributed by atoms with van der Waals surface area (Å²) < 4.78 is 11.4. The molecule has 8 nitrogen and oxygen atoms in total. The number of hydrogen-bond acceptors (Lipinski definition) is 6. The van der Waals surface area contributed by atoms with Gasteiger partial charge in [-0.25, -0.2) is 4.98 Å². The minimum atomic E-state index is -0.240. The number of carbonyl (C=O) groups is 2. The van der Waals surface area contributed by atoms with Crippen molar-refractivity contribution in [3.05, 3.63) is 18.1 Å². The Labute approximate surface area is 165 Å². The van der Waals surface area contributed by atoms with Crippen LogP contribution < -0.4 is 4.74 Å². The molecule has 0 radical (unpaired) electrons. The molecule has 0 aromatic carbocycles. The average molecular weight is 388 g/mol. The van der Waals surface area contributed by atoms with E-state index in [0.29, 0.717) is 44.4 Å². The number of likely N-dealkylation sites (tertiary alicyclic amines) is 2. The van der Waals surface area contributed by atoms with Gasteiger partial charge in [-0.05, 0) is 32.6 Å². The maximum Gasteiger partial charge on any atom is 0.228 e. The molecule has 0 spiro atoms. The molecule has 3 saturated heterocycles. The monoisotopic (exact) mass is 388 g/mol. The van der Waals surface area contributed by atoms with Gasteiger partial charge in [-0.2, -0.15) is 4.98 Å². The maximum atomic E-state index is 13.1. The fraction of sp³-hybridized carbons (Fsp3) is 0.700. The van der Waals surface area contributed by atoms with Gasteiger partial charge < -0.3 is 19.3 Å². The van der Waals surface area contributed by atoms with Gasteiger partial charge in [0, 0.05) is 51.0 Å². The van der Waals surface area contributed by atoms with E-state index in [1.54, 1.807) is 12.3 Å². The number of piperidine rings is 1. The van der Waals surface area contributed by atoms with Gasteiger partial charge in [-0.3, -0.25) is 9.59 Å². The Kier molecular flexibility index (Phi) is 5.75. The highest BCUT2D eigenvalue weighted by Crippen LogP contribution is 2.27. The van der Waals surface area contributed by atoms with E-state index in [1.165, 1.54) is 0 Å². The van der Waals surface area contributed by atoms with Crippen LogP contribution >= 0.6 is 0 Å². The molecule has 2 amide bonds. The molecule has 0 aliphatic carbocycles. The molecule has 3 aliphatic rings. The lowest BCUT2D eigenvalue weighted by molar-refractivity contribution is -0.138. The highest BCUT2D eigenvalue weighted by Gasteiger charge is 2.40. The number of ether oxygens (including phenoxy) is 2. The van der Waals surface area contributed by atoms with E-state index >= 15 is 0 Å². The van der Waals surface area contributed by atoms with E-state index in [-0.39, 0.29) is 29.9 Å². The van der Waals surface area contributed by atoms with Crippen LogP contribution in [0.1, 0.15) is 37.9 Å². The van der Waals surface area contributed by atoms with Crippen LogP contribution in [0.3, 0.4) is 0 Å². The molecule has 8 heteroatoms. The Hall–Kier alpha value is -2.22. The second-order valence-corrected chi connectivity index (χ2v) is 7.90. The topological polar surface area (TPSA) is 84.9 Å². The quantitative estimate of drug-likeness (QED) is 0.770. The number of carbonyl (C=O) groups excluding carboxylic acids is 2.